The number of imidazole rings is 1. The van der Waals surface area contributed by atoms with Gasteiger partial charge in [0, 0.05) is 13.3 Å². The zero-order valence-corrected chi connectivity index (χ0v) is 12.6. The molecule has 0 N–H and O–H groups in total. The van der Waals surface area contributed by atoms with Crippen LogP contribution in [0.25, 0.3) is 0 Å². The van der Waals surface area contributed by atoms with Gasteiger partial charge in [-0.1, -0.05) is 26.7 Å². The third-order valence-corrected chi connectivity index (χ3v) is 3.57. The molecular formula is C15H26N2O2. The van der Waals surface area contributed by atoms with Crippen molar-refractivity contribution in [3.05, 3.63) is 17.7 Å². The summed E-state index contributed by atoms with van der Waals surface area (Å²) in [5.41, 5.74) is 1.13. The van der Waals surface area contributed by atoms with E-state index in [1.165, 1.54) is 12.8 Å². The maximum absolute atomic E-state index is 11.1. The van der Waals surface area contributed by atoms with Crippen LogP contribution in [0, 0.1) is 6.92 Å². The van der Waals surface area contributed by atoms with Gasteiger partial charge in [0.05, 0.1) is 12.5 Å². The summed E-state index contributed by atoms with van der Waals surface area (Å²) >= 11 is 0. The number of carboxylic acid groups (broad SMARTS) is 1. The monoisotopic (exact) mass is 266 g/mol. The van der Waals surface area contributed by atoms with Crippen LogP contribution in [0.3, 0.4) is 0 Å². The molecule has 0 fully saturated rings. The minimum Gasteiger partial charge on any atom is -0.546 e. The van der Waals surface area contributed by atoms with Crippen molar-refractivity contribution >= 4 is 5.97 Å². The summed E-state index contributed by atoms with van der Waals surface area (Å²) in [4.78, 5) is 11.1. The van der Waals surface area contributed by atoms with Crippen LogP contribution in [0.5, 0.6) is 0 Å². The van der Waals surface area contributed by atoms with Crippen molar-refractivity contribution in [3.8, 4) is 0 Å². The summed E-state index contributed by atoms with van der Waals surface area (Å²) in [5.74, 6) is 0.0971. The standard InChI is InChI=1S/C15H26N2O2/c1-5-7-8-9-14-16(10-6-2)12(3)11-17(14)13(4)15(18)19/h11,13H,5-10H2,1-4H3. The first-order chi connectivity index (χ1) is 9.02. The van der Waals surface area contributed by atoms with Gasteiger partial charge in [-0.05, 0) is 19.8 Å². The van der Waals surface area contributed by atoms with E-state index >= 15 is 0 Å². The molecule has 1 aromatic rings. The van der Waals surface area contributed by atoms with Gasteiger partial charge in [0.1, 0.15) is 17.9 Å². The molecule has 0 aliphatic carbocycles. The Bertz CT molecular complexity index is 424. The highest BCUT2D eigenvalue weighted by Gasteiger charge is 2.24. The van der Waals surface area contributed by atoms with Gasteiger partial charge in [0.2, 0.25) is 0 Å². The molecule has 19 heavy (non-hydrogen) atoms. The van der Waals surface area contributed by atoms with E-state index in [2.05, 4.69) is 18.4 Å². The van der Waals surface area contributed by atoms with Crippen molar-refractivity contribution in [2.75, 3.05) is 0 Å². The molecule has 1 heterocycles. The Morgan fingerprint density at radius 1 is 1.37 bits per heavy atom. The molecule has 1 aromatic heterocycles. The predicted molar refractivity (Wildman–Crippen MR) is 72.6 cm³/mol. The smallest absolute Gasteiger partial charge is 0.257 e. The number of aryl methyl sites for hydroxylation is 1. The molecule has 0 aliphatic heterocycles. The minimum atomic E-state index is -1.02. The van der Waals surface area contributed by atoms with Crippen molar-refractivity contribution in [3.63, 3.8) is 0 Å². The van der Waals surface area contributed by atoms with Crippen molar-refractivity contribution in [2.24, 2.45) is 0 Å². The molecule has 0 aliphatic rings. The summed E-state index contributed by atoms with van der Waals surface area (Å²) in [6.45, 7) is 8.99. The fourth-order valence-corrected chi connectivity index (χ4v) is 2.46. The van der Waals surface area contributed by atoms with Gasteiger partial charge in [-0.3, -0.25) is 0 Å². The second-order valence-electron chi connectivity index (χ2n) is 5.20. The molecule has 1 rings (SSSR count). The van der Waals surface area contributed by atoms with Crippen molar-refractivity contribution in [1.29, 1.82) is 0 Å². The zero-order chi connectivity index (χ0) is 14.4. The molecule has 0 aromatic carbocycles. The third-order valence-electron chi connectivity index (χ3n) is 3.57. The molecule has 0 saturated heterocycles. The molecule has 0 saturated carbocycles. The SMILES string of the molecule is CCCCCc1n(CCC)c(C)c[n+]1C(C)C(=O)[O-]. The summed E-state index contributed by atoms with van der Waals surface area (Å²) in [7, 11) is 0. The quantitative estimate of drug-likeness (QED) is 0.529. The Kier molecular flexibility index (Phi) is 6.06. The first-order valence-corrected chi connectivity index (χ1v) is 7.33. The number of unbranched alkanes of at least 4 members (excludes halogenated alkanes) is 2. The van der Waals surface area contributed by atoms with E-state index in [0.29, 0.717) is 0 Å². The molecule has 0 amide bonds. The molecule has 0 radical (unpaired) electrons. The number of carbonyl (C=O) groups excluding carboxylic acids is 1. The Morgan fingerprint density at radius 3 is 2.58 bits per heavy atom. The van der Waals surface area contributed by atoms with Gasteiger partial charge in [-0.25, -0.2) is 9.13 Å². The summed E-state index contributed by atoms with van der Waals surface area (Å²) in [6, 6.07) is -0.603. The normalized spacial score (nSPS) is 12.6. The molecule has 0 bridgehead atoms. The Hall–Kier alpha value is -1.32. The van der Waals surface area contributed by atoms with Gasteiger partial charge >= 0.3 is 0 Å². The number of hydrogen-bond donors (Lipinski definition) is 0. The zero-order valence-electron chi connectivity index (χ0n) is 12.6. The van der Waals surface area contributed by atoms with E-state index in [1.54, 1.807) is 6.92 Å². The number of aromatic nitrogens is 2. The lowest BCUT2D eigenvalue weighted by Gasteiger charge is -2.12. The molecule has 0 spiro atoms. The Morgan fingerprint density at radius 2 is 2.05 bits per heavy atom. The Labute approximate surface area is 116 Å². The molecule has 1 unspecified atom stereocenters. The van der Waals surface area contributed by atoms with E-state index < -0.39 is 12.0 Å². The Balaban J connectivity index is 3.07. The van der Waals surface area contributed by atoms with Gasteiger partial charge in [0.25, 0.3) is 5.82 Å². The van der Waals surface area contributed by atoms with Gasteiger partial charge in [0.15, 0.2) is 0 Å². The van der Waals surface area contributed by atoms with Gasteiger partial charge in [-0.15, -0.1) is 0 Å². The van der Waals surface area contributed by atoms with Crippen LogP contribution < -0.4 is 9.67 Å². The van der Waals surface area contributed by atoms with Crippen LogP contribution in [0.4, 0.5) is 0 Å². The van der Waals surface area contributed by atoms with E-state index in [4.69, 9.17) is 0 Å². The lowest BCUT2D eigenvalue weighted by molar-refractivity contribution is -0.719. The number of aliphatic carboxylic acids is 1. The second kappa shape index (κ2) is 7.31. The van der Waals surface area contributed by atoms with Crippen molar-refractivity contribution < 1.29 is 14.5 Å². The maximum atomic E-state index is 11.1. The van der Waals surface area contributed by atoms with E-state index in [9.17, 15) is 9.90 Å². The van der Waals surface area contributed by atoms with Crippen LogP contribution in [-0.4, -0.2) is 10.5 Å². The van der Waals surface area contributed by atoms with Crippen LogP contribution in [-0.2, 0) is 17.8 Å². The third kappa shape index (κ3) is 3.82. The highest BCUT2D eigenvalue weighted by Crippen LogP contribution is 2.11. The molecule has 4 heteroatoms. The highest BCUT2D eigenvalue weighted by molar-refractivity contribution is 5.66. The largest absolute Gasteiger partial charge is 0.546 e. The van der Waals surface area contributed by atoms with E-state index in [0.717, 1.165) is 37.3 Å². The number of carboxylic acids is 1. The second-order valence-corrected chi connectivity index (χ2v) is 5.20. The topological polar surface area (TPSA) is 48.9 Å². The predicted octanol–water partition coefficient (Wildman–Crippen LogP) is 1.54. The fraction of sp³-hybridized carbons (Fsp3) is 0.733. The molecule has 4 nitrogen and oxygen atoms in total. The first-order valence-electron chi connectivity index (χ1n) is 7.33. The summed E-state index contributed by atoms with van der Waals surface area (Å²) < 4.78 is 4.12. The van der Waals surface area contributed by atoms with Crippen molar-refractivity contribution in [2.45, 2.75) is 72.4 Å². The van der Waals surface area contributed by atoms with Crippen LogP contribution >= 0.6 is 0 Å². The van der Waals surface area contributed by atoms with Crippen molar-refractivity contribution in [1.82, 2.24) is 4.57 Å². The summed E-state index contributed by atoms with van der Waals surface area (Å²) in [5, 5.41) is 11.1. The lowest BCUT2D eigenvalue weighted by atomic mass is 10.2. The minimum absolute atomic E-state index is 0.603. The maximum Gasteiger partial charge on any atom is 0.257 e. The van der Waals surface area contributed by atoms with Gasteiger partial charge in [-0.2, -0.15) is 0 Å². The van der Waals surface area contributed by atoms with E-state index in [1.807, 2.05) is 17.7 Å². The number of hydrogen-bond acceptors (Lipinski definition) is 2. The lowest BCUT2D eigenvalue weighted by Crippen LogP contribution is -2.49. The summed E-state index contributed by atoms with van der Waals surface area (Å²) in [6.07, 6.45) is 7.37. The number of carbonyl (C=O) groups is 1. The first kappa shape index (κ1) is 15.7. The average Bonchev–Trinajstić information content (AvgIpc) is 2.67. The van der Waals surface area contributed by atoms with Crippen LogP contribution in [0.2, 0.25) is 0 Å². The number of nitrogens with zero attached hydrogens (tertiary/aromatic N) is 2. The van der Waals surface area contributed by atoms with E-state index in [-0.39, 0.29) is 0 Å². The number of rotatable bonds is 8. The van der Waals surface area contributed by atoms with Crippen LogP contribution in [0.1, 0.15) is 64.0 Å². The van der Waals surface area contributed by atoms with Crippen LogP contribution in [0.15, 0.2) is 6.20 Å². The molecule has 108 valence electrons. The fourth-order valence-electron chi connectivity index (χ4n) is 2.46. The average molecular weight is 266 g/mol. The molecular weight excluding hydrogens is 240 g/mol. The highest BCUT2D eigenvalue weighted by atomic mass is 16.4. The molecule has 1 atom stereocenters. The van der Waals surface area contributed by atoms with Gasteiger partial charge < -0.3 is 9.90 Å².